The normalized spacial score (nSPS) is 17.5. The highest BCUT2D eigenvalue weighted by Gasteiger charge is 2.46. The maximum Gasteiger partial charge on any atom is 0.295 e. The molecule has 1 amide bonds. The van der Waals surface area contributed by atoms with E-state index in [2.05, 4.69) is 20.9 Å². The molecule has 9 heteroatoms. The number of benzene rings is 2. The number of carbonyl (C=O) groups excluding carboxylic acids is 2. The molecule has 1 saturated heterocycles. The fraction of sp³-hybridized carbons (Fsp3) is 0.208. The molecule has 1 unspecified atom stereocenters. The second-order valence-electron chi connectivity index (χ2n) is 7.63. The van der Waals surface area contributed by atoms with Gasteiger partial charge < -0.3 is 19.8 Å². The van der Waals surface area contributed by atoms with Crippen LogP contribution in [0.4, 0.5) is 0 Å². The molecule has 1 atom stereocenters. The van der Waals surface area contributed by atoms with Crippen LogP contribution >= 0.6 is 15.9 Å². The van der Waals surface area contributed by atoms with E-state index in [1.54, 1.807) is 42.6 Å². The van der Waals surface area contributed by atoms with Gasteiger partial charge in [0.25, 0.3) is 11.7 Å². The number of nitrogens with one attached hydrogen (secondary N) is 1. The Morgan fingerprint density at radius 3 is 2.64 bits per heavy atom. The topological polar surface area (TPSA) is 107 Å². The quantitative estimate of drug-likeness (QED) is 0.195. The molecule has 3 aromatic rings. The third-order valence-electron chi connectivity index (χ3n) is 5.60. The number of ether oxygens (including phenoxy) is 1. The number of aryl methyl sites for hydroxylation is 1. The minimum absolute atomic E-state index is 0.00404. The number of Topliss-reactive ketones (excluding diaryl/α,β-unsaturated/α-hetero) is 1. The number of aliphatic hydroxyl groups excluding tert-OH is 1. The van der Waals surface area contributed by atoms with E-state index in [0.29, 0.717) is 30.6 Å². The number of imidazole rings is 1. The maximum absolute atomic E-state index is 13.1. The highest BCUT2D eigenvalue weighted by Crippen LogP contribution is 2.41. The minimum Gasteiger partial charge on any atom is -0.507 e. The highest BCUT2D eigenvalue weighted by molar-refractivity contribution is 9.10. The molecule has 1 aromatic heterocycles. The molecular formula is C24H23BrN3O5+. The summed E-state index contributed by atoms with van der Waals surface area (Å²) in [5.41, 5.74) is 0.982. The van der Waals surface area contributed by atoms with Gasteiger partial charge in [-0.25, -0.2) is 4.57 Å². The largest absolute Gasteiger partial charge is 0.507 e. The third-order valence-corrected chi connectivity index (χ3v) is 6.12. The summed E-state index contributed by atoms with van der Waals surface area (Å²) in [4.78, 5) is 30.5. The lowest BCUT2D eigenvalue weighted by atomic mass is 9.95. The molecule has 0 bridgehead atoms. The van der Waals surface area contributed by atoms with Crippen LogP contribution in [-0.2, 0) is 16.1 Å². The molecule has 3 N–H and O–H groups in total. The molecule has 0 radical (unpaired) electrons. The van der Waals surface area contributed by atoms with Crippen molar-refractivity contribution in [2.45, 2.75) is 19.0 Å². The Hall–Kier alpha value is -3.59. The summed E-state index contributed by atoms with van der Waals surface area (Å²) in [6.07, 6.45) is 6.08. The van der Waals surface area contributed by atoms with Crippen molar-refractivity contribution in [2.24, 2.45) is 0 Å². The number of hydrogen-bond donors (Lipinski definition) is 3. The van der Waals surface area contributed by atoms with Gasteiger partial charge in [0.05, 0.1) is 25.3 Å². The number of aliphatic hydroxyl groups is 1. The first kappa shape index (κ1) is 22.6. The zero-order valence-electron chi connectivity index (χ0n) is 17.9. The molecule has 0 saturated carbocycles. The van der Waals surface area contributed by atoms with Crippen LogP contribution in [0.5, 0.6) is 11.5 Å². The number of halogens is 1. The van der Waals surface area contributed by atoms with Crippen LogP contribution in [0, 0.1) is 0 Å². The molecule has 4 rings (SSSR count). The Balaban J connectivity index is 1.76. The number of aromatic nitrogens is 2. The van der Waals surface area contributed by atoms with E-state index in [1.807, 2.05) is 17.1 Å². The van der Waals surface area contributed by atoms with Gasteiger partial charge in [-0.1, -0.05) is 34.1 Å². The Bertz CT molecular complexity index is 1210. The van der Waals surface area contributed by atoms with Crippen LogP contribution in [0.1, 0.15) is 23.6 Å². The SMILES string of the molecule is COc1cc(C2C(=C(O)c3ccc(Br)cc3)C(=O)C(=O)N2CCC[n+]2cc[nH]c2)ccc1O. The van der Waals surface area contributed by atoms with Gasteiger partial charge in [0.1, 0.15) is 18.2 Å². The van der Waals surface area contributed by atoms with Crippen molar-refractivity contribution in [2.75, 3.05) is 13.7 Å². The molecule has 2 aromatic carbocycles. The number of amides is 1. The highest BCUT2D eigenvalue weighted by atomic mass is 79.9. The van der Waals surface area contributed by atoms with E-state index in [-0.39, 0.29) is 22.8 Å². The van der Waals surface area contributed by atoms with E-state index >= 15 is 0 Å². The number of phenols is 1. The fourth-order valence-corrected chi connectivity index (χ4v) is 4.23. The average molecular weight is 513 g/mol. The van der Waals surface area contributed by atoms with Crippen LogP contribution < -0.4 is 9.30 Å². The number of ketones is 1. The van der Waals surface area contributed by atoms with Gasteiger partial charge in [-0.05, 0) is 29.8 Å². The second kappa shape index (κ2) is 9.50. The summed E-state index contributed by atoms with van der Waals surface area (Å²) in [5, 5.41) is 21.1. The summed E-state index contributed by atoms with van der Waals surface area (Å²) >= 11 is 3.36. The van der Waals surface area contributed by atoms with Gasteiger partial charge in [-0.3, -0.25) is 14.6 Å². The molecule has 8 nitrogen and oxygen atoms in total. The number of likely N-dealkylation sites (tertiary alicyclic amines) is 1. The van der Waals surface area contributed by atoms with Crippen LogP contribution in [0.2, 0.25) is 0 Å². The van der Waals surface area contributed by atoms with E-state index in [4.69, 9.17) is 4.74 Å². The lowest BCUT2D eigenvalue weighted by Crippen LogP contribution is -2.36. The molecule has 1 fully saturated rings. The third kappa shape index (κ3) is 4.49. The lowest BCUT2D eigenvalue weighted by molar-refractivity contribution is -0.695. The minimum atomic E-state index is -0.820. The standard InChI is InChI=1S/C24H22BrN3O5/c1-33-19-13-16(5-8-18(19)29)21-20(22(30)15-3-6-17(25)7-4-15)23(31)24(32)28(21)11-2-10-27-12-9-26-14-27/h3-9,12-14,21H,2,10-11H2,1H3,(H2,29,30,31)/p+1. The van der Waals surface area contributed by atoms with Crippen LogP contribution in [0.15, 0.2) is 71.2 Å². The Kier molecular flexibility index (Phi) is 6.50. The van der Waals surface area contributed by atoms with E-state index < -0.39 is 17.7 Å². The fourth-order valence-electron chi connectivity index (χ4n) is 3.97. The monoisotopic (exact) mass is 512 g/mol. The van der Waals surface area contributed by atoms with Crippen molar-refractivity contribution in [1.82, 2.24) is 9.88 Å². The van der Waals surface area contributed by atoms with Crippen molar-refractivity contribution in [1.29, 1.82) is 0 Å². The van der Waals surface area contributed by atoms with Crippen molar-refractivity contribution < 1.29 is 29.1 Å². The van der Waals surface area contributed by atoms with Gasteiger partial charge in [0.2, 0.25) is 6.33 Å². The van der Waals surface area contributed by atoms with Gasteiger partial charge >= 0.3 is 0 Å². The lowest BCUT2D eigenvalue weighted by Gasteiger charge is -2.25. The van der Waals surface area contributed by atoms with Crippen molar-refractivity contribution in [3.8, 4) is 11.5 Å². The van der Waals surface area contributed by atoms with Gasteiger partial charge in [-0.15, -0.1) is 0 Å². The molecule has 2 heterocycles. The Morgan fingerprint density at radius 1 is 1.21 bits per heavy atom. The number of phenolic OH excluding ortho intramolecular Hbond substituents is 1. The number of aromatic hydroxyl groups is 1. The first-order valence-electron chi connectivity index (χ1n) is 10.3. The number of nitrogens with zero attached hydrogens (tertiary/aromatic N) is 2. The molecule has 170 valence electrons. The molecule has 0 spiro atoms. The van der Waals surface area contributed by atoms with Crippen LogP contribution in [0.3, 0.4) is 0 Å². The summed E-state index contributed by atoms with van der Waals surface area (Å²) in [6.45, 7) is 0.943. The number of carbonyl (C=O) groups is 2. The van der Waals surface area contributed by atoms with Gasteiger partial charge in [-0.2, -0.15) is 0 Å². The maximum atomic E-state index is 13.1. The van der Waals surface area contributed by atoms with E-state index in [9.17, 15) is 19.8 Å². The van der Waals surface area contributed by atoms with E-state index in [1.165, 1.54) is 18.1 Å². The van der Waals surface area contributed by atoms with Crippen molar-refractivity contribution >= 4 is 33.4 Å². The number of methoxy groups -OCH3 is 1. The molecule has 33 heavy (non-hydrogen) atoms. The average Bonchev–Trinajstić information content (AvgIpc) is 3.42. The number of rotatable bonds is 7. The smallest absolute Gasteiger partial charge is 0.295 e. The number of H-pyrrole nitrogens is 1. The predicted octanol–water partition coefficient (Wildman–Crippen LogP) is 3.29. The summed E-state index contributed by atoms with van der Waals surface area (Å²) in [6, 6.07) is 10.7. The second-order valence-corrected chi connectivity index (χ2v) is 8.55. The molecule has 0 aliphatic carbocycles. The summed E-state index contributed by atoms with van der Waals surface area (Å²) in [7, 11) is 1.42. The Labute approximate surface area is 198 Å². The van der Waals surface area contributed by atoms with Gasteiger partial charge in [0, 0.05) is 23.0 Å². The molecule has 1 aliphatic heterocycles. The van der Waals surface area contributed by atoms with Gasteiger partial charge in [0.15, 0.2) is 11.5 Å². The van der Waals surface area contributed by atoms with Crippen molar-refractivity contribution in [3.63, 3.8) is 0 Å². The number of aromatic amines is 1. The zero-order valence-corrected chi connectivity index (χ0v) is 19.4. The Morgan fingerprint density at radius 2 is 1.97 bits per heavy atom. The van der Waals surface area contributed by atoms with E-state index in [0.717, 1.165) is 4.47 Å². The first-order valence-corrected chi connectivity index (χ1v) is 11.1. The summed E-state index contributed by atoms with van der Waals surface area (Å²) in [5.74, 6) is -1.52. The van der Waals surface area contributed by atoms with Crippen LogP contribution in [-0.4, -0.2) is 45.4 Å². The predicted molar refractivity (Wildman–Crippen MR) is 123 cm³/mol. The molecule has 1 aliphatic rings. The zero-order chi connectivity index (χ0) is 23.5. The number of hydrogen-bond acceptors (Lipinski definition) is 5. The molecular weight excluding hydrogens is 490 g/mol. The first-order chi connectivity index (χ1) is 15.9. The van der Waals surface area contributed by atoms with Crippen LogP contribution in [0.25, 0.3) is 5.76 Å². The van der Waals surface area contributed by atoms with Crippen molar-refractivity contribution in [3.05, 3.63) is 82.4 Å². The summed E-state index contributed by atoms with van der Waals surface area (Å²) < 4.78 is 7.99.